The summed E-state index contributed by atoms with van der Waals surface area (Å²) in [6.45, 7) is 2.67. The molecule has 3 amide bonds. The standard InChI is InChI=1S/C17H21N5O2/c23-16(19-7-4-9-20-10-8-18-14-20)13-21-11-12-22(17(21)24)15-5-2-1-3-6-15/h1-3,5-6,8,10,14H,4,7,9,11-13H2,(H,19,23). The Morgan fingerprint density at radius 1 is 1.21 bits per heavy atom. The molecule has 0 saturated carbocycles. The molecule has 0 unspecified atom stereocenters. The zero-order valence-electron chi connectivity index (χ0n) is 13.5. The van der Waals surface area contributed by atoms with Gasteiger partial charge in [0.15, 0.2) is 0 Å². The minimum atomic E-state index is -0.121. The Balaban J connectivity index is 1.41. The molecule has 0 atom stereocenters. The van der Waals surface area contributed by atoms with Crippen LogP contribution in [-0.4, -0.2) is 52.6 Å². The maximum absolute atomic E-state index is 12.4. The van der Waals surface area contributed by atoms with Crippen LogP contribution in [0.2, 0.25) is 0 Å². The van der Waals surface area contributed by atoms with E-state index >= 15 is 0 Å². The predicted molar refractivity (Wildman–Crippen MR) is 90.6 cm³/mol. The van der Waals surface area contributed by atoms with E-state index in [1.807, 2.05) is 41.1 Å². The van der Waals surface area contributed by atoms with E-state index in [9.17, 15) is 9.59 Å². The molecule has 1 N–H and O–H groups in total. The molecule has 1 fully saturated rings. The van der Waals surface area contributed by atoms with Gasteiger partial charge in [-0.2, -0.15) is 0 Å². The number of anilines is 1. The second kappa shape index (κ2) is 7.63. The van der Waals surface area contributed by atoms with Gasteiger partial charge in [0.05, 0.1) is 6.33 Å². The number of imidazole rings is 1. The van der Waals surface area contributed by atoms with Gasteiger partial charge in [0, 0.05) is 44.3 Å². The Morgan fingerprint density at radius 2 is 2.04 bits per heavy atom. The third-order valence-corrected chi connectivity index (χ3v) is 3.97. The third-order valence-electron chi connectivity index (χ3n) is 3.97. The molecular weight excluding hydrogens is 306 g/mol. The van der Waals surface area contributed by atoms with E-state index in [1.54, 1.807) is 22.3 Å². The lowest BCUT2D eigenvalue weighted by Gasteiger charge is -2.18. The van der Waals surface area contributed by atoms with Gasteiger partial charge in [-0.3, -0.25) is 9.69 Å². The highest BCUT2D eigenvalue weighted by atomic mass is 16.2. The lowest BCUT2D eigenvalue weighted by Crippen LogP contribution is -2.40. The highest BCUT2D eigenvalue weighted by Gasteiger charge is 2.30. The van der Waals surface area contributed by atoms with Crippen molar-refractivity contribution in [1.82, 2.24) is 19.8 Å². The van der Waals surface area contributed by atoms with E-state index in [4.69, 9.17) is 0 Å². The first-order valence-electron chi connectivity index (χ1n) is 8.08. The molecule has 2 aromatic rings. The summed E-state index contributed by atoms with van der Waals surface area (Å²) in [5.41, 5.74) is 0.866. The molecule has 1 aromatic heterocycles. The Labute approximate surface area is 140 Å². The number of urea groups is 1. The summed E-state index contributed by atoms with van der Waals surface area (Å²) in [6, 6.07) is 9.40. The van der Waals surface area contributed by atoms with Gasteiger partial charge >= 0.3 is 6.03 Å². The summed E-state index contributed by atoms with van der Waals surface area (Å²) in [6.07, 6.45) is 6.20. The summed E-state index contributed by atoms with van der Waals surface area (Å²) < 4.78 is 1.97. The van der Waals surface area contributed by atoms with Crippen LogP contribution in [0.1, 0.15) is 6.42 Å². The largest absolute Gasteiger partial charge is 0.354 e. The Kier molecular flexibility index (Phi) is 5.10. The van der Waals surface area contributed by atoms with E-state index < -0.39 is 0 Å². The SMILES string of the molecule is O=C(CN1CCN(c2ccccc2)C1=O)NCCCn1ccnc1. The molecule has 0 radical (unpaired) electrons. The number of benzene rings is 1. The van der Waals surface area contributed by atoms with Gasteiger partial charge in [0.25, 0.3) is 0 Å². The zero-order valence-corrected chi connectivity index (χ0v) is 13.5. The highest BCUT2D eigenvalue weighted by Crippen LogP contribution is 2.19. The first-order valence-corrected chi connectivity index (χ1v) is 8.08. The van der Waals surface area contributed by atoms with Crippen LogP contribution in [0.3, 0.4) is 0 Å². The molecular formula is C17H21N5O2. The molecule has 1 aliphatic rings. The van der Waals surface area contributed by atoms with Crippen molar-refractivity contribution in [2.24, 2.45) is 0 Å². The van der Waals surface area contributed by atoms with Gasteiger partial charge in [-0.15, -0.1) is 0 Å². The maximum atomic E-state index is 12.4. The van der Waals surface area contributed by atoms with Gasteiger partial charge in [0.2, 0.25) is 5.91 Å². The minimum absolute atomic E-state index is 0.104. The maximum Gasteiger partial charge on any atom is 0.325 e. The molecule has 24 heavy (non-hydrogen) atoms. The number of hydrogen-bond donors (Lipinski definition) is 1. The van der Waals surface area contributed by atoms with Crippen molar-refractivity contribution in [3.63, 3.8) is 0 Å². The molecule has 7 heteroatoms. The average molecular weight is 327 g/mol. The van der Waals surface area contributed by atoms with Gasteiger partial charge < -0.3 is 14.8 Å². The lowest BCUT2D eigenvalue weighted by molar-refractivity contribution is -0.121. The lowest BCUT2D eigenvalue weighted by atomic mass is 10.3. The number of para-hydroxylation sites is 1. The van der Waals surface area contributed by atoms with E-state index in [0.29, 0.717) is 19.6 Å². The van der Waals surface area contributed by atoms with Crippen LogP contribution in [0.5, 0.6) is 0 Å². The molecule has 0 bridgehead atoms. The Hall–Kier alpha value is -2.83. The minimum Gasteiger partial charge on any atom is -0.354 e. The number of aromatic nitrogens is 2. The van der Waals surface area contributed by atoms with E-state index in [-0.39, 0.29) is 18.5 Å². The first-order chi connectivity index (χ1) is 11.7. The molecule has 1 aliphatic heterocycles. The highest BCUT2D eigenvalue weighted by molar-refractivity contribution is 5.96. The average Bonchev–Trinajstić information content (AvgIpc) is 3.23. The summed E-state index contributed by atoms with van der Waals surface area (Å²) in [5, 5.41) is 2.86. The van der Waals surface area contributed by atoms with Crippen LogP contribution in [0.25, 0.3) is 0 Å². The van der Waals surface area contributed by atoms with Crippen molar-refractivity contribution >= 4 is 17.6 Å². The molecule has 1 saturated heterocycles. The summed E-state index contributed by atoms with van der Waals surface area (Å²) in [7, 11) is 0. The number of rotatable bonds is 7. The van der Waals surface area contributed by atoms with Crippen molar-refractivity contribution < 1.29 is 9.59 Å². The topological polar surface area (TPSA) is 70.5 Å². The summed E-state index contributed by atoms with van der Waals surface area (Å²) in [4.78, 5) is 31.6. The van der Waals surface area contributed by atoms with Gasteiger partial charge in [0.1, 0.15) is 6.54 Å². The molecule has 0 spiro atoms. The van der Waals surface area contributed by atoms with Crippen molar-refractivity contribution in [3.05, 3.63) is 49.1 Å². The van der Waals surface area contributed by atoms with Crippen molar-refractivity contribution in [3.8, 4) is 0 Å². The molecule has 1 aromatic carbocycles. The van der Waals surface area contributed by atoms with Gasteiger partial charge in [-0.05, 0) is 18.6 Å². The van der Waals surface area contributed by atoms with E-state index in [2.05, 4.69) is 10.3 Å². The van der Waals surface area contributed by atoms with Crippen LogP contribution < -0.4 is 10.2 Å². The molecule has 2 heterocycles. The summed E-state index contributed by atoms with van der Waals surface area (Å²) >= 11 is 0. The second-order valence-corrected chi connectivity index (χ2v) is 5.70. The molecule has 7 nitrogen and oxygen atoms in total. The molecule has 0 aliphatic carbocycles. The van der Waals surface area contributed by atoms with Gasteiger partial charge in [-0.1, -0.05) is 18.2 Å². The van der Waals surface area contributed by atoms with E-state index in [1.165, 1.54) is 0 Å². The second-order valence-electron chi connectivity index (χ2n) is 5.70. The zero-order chi connectivity index (χ0) is 16.8. The van der Waals surface area contributed by atoms with Crippen molar-refractivity contribution in [2.45, 2.75) is 13.0 Å². The fourth-order valence-corrected chi connectivity index (χ4v) is 2.71. The third kappa shape index (κ3) is 3.92. The van der Waals surface area contributed by atoms with Crippen LogP contribution in [-0.2, 0) is 11.3 Å². The quantitative estimate of drug-likeness (QED) is 0.780. The predicted octanol–water partition coefficient (Wildman–Crippen LogP) is 1.33. The van der Waals surface area contributed by atoms with Crippen LogP contribution in [0.15, 0.2) is 49.1 Å². The number of amides is 3. The number of nitrogens with one attached hydrogen (secondary N) is 1. The first kappa shape index (κ1) is 16.0. The Morgan fingerprint density at radius 3 is 2.79 bits per heavy atom. The number of nitrogens with zero attached hydrogens (tertiary/aromatic N) is 4. The van der Waals surface area contributed by atoms with Crippen molar-refractivity contribution in [2.75, 3.05) is 31.1 Å². The van der Waals surface area contributed by atoms with Crippen LogP contribution in [0, 0.1) is 0 Å². The smallest absolute Gasteiger partial charge is 0.325 e. The number of hydrogen-bond acceptors (Lipinski definition) is 3. The normalized spacial score (nSPS) is 14.2. The fraction of sp³-hybridized carbons (Fsp3) is 0.353. The molecule has 3 rings (SSSR count). The number of aryl methyl sites for hydroxylation is 1. The van der Waals surface area contributed by atoms with Gasteiger partial charge in [-0.25, -0.2) is 9.78 Å². The van der Waals surface area contributed by atoms with Crippen LogP contribution in [0.4, 0.5) is 10.5 Å². The number of carbonyl (C=O) groups excluding carboxylic acids is 2. The summed E-state index contributed by atoms with van der Waals surface area (Å²) in [5.74, 6) is -0.121. The fourth-order valence-electron chi connectivity index (χ4n) is 2.71. The van der Waals surface area contributed by atoms with Crippen LogP contribution >= 0.6 is 0 Å². The Bertz CT molecular complexity index is 672. The number of carbonyl (C=O) groups is 2. The van der Waals surface area contributed by atoms with E-state index in [0.717, 1.165) is 18.7 Å². The monoisotopic (exact) mass is 327 g/mol. The van der Waals surface area contributed by atoms with Crippen molar-refractivity contribution in [1.29, 1.82) is 0 Å². The molecule has 126 valence electrons.